The van der Waals surface area contributed by atoms with Crippen LogP contribution in [0.5, 0.6) is 0 Å². The minimum atomic E-state index is -1.04. The molecule has 9 nitrogen and oxygen atoms in total. The molecule has 1 aliphatic heterocycles. The number of hydrogen-bond acceptors (Lipinski definition) is 6. The fourth-order valence-electron chi connectivity index (χ4n) is 3.89. The summed E-state index contributed by atoms with van der Waals surface area (Å²) in [6, 6.07) is 17.2. The molecule has 0 bridgehead atoms. The number of esters is 1. The van der Waals surface area contributed by atoms with E-state index in [2.05, 4.69) is 9.97 Å². The number of nitrogens with zero attached hydrogens (tertiary/aromatic N) is 2. The highest BCUT2D eigenvalue weighted by atomic mass is 16.7. The number of nitrogens with two attached hydrogens (primary N) is 1. The molecule has 34 heavy (non-hydrogen) atoms. The molecule has 2 heterocycles. The van der Waals surface area contributed by atoms with E-state index in [0.717, 1.165) is 11.1 Å². The number of ether oxygens (including phenoxy) is 2. The van der Waals surface area contributed by atoms with Crippen LogP contribution in [0.15, 0.2) is 66.9 Å². The van der Waals surface area contributed by atoms with Crippen LogP contribution in [-0.4, -0.2) is 51.0 Å². The first kappa shape index (κ1) is 23.2. The second-order valence-electron chi connectivity index (χ2n) is 8.12. The van der Waals surface area contributed by atoms with Crippen molar-refractivity contribution >= 4 is 17.8 Å². The first-order chi connectivity index (χ1) is 16.4. The molecule has 2 aromatic carbocycles. The van der Waals surface area contributed by atoms with Gasteiger partial charge in [0.1, 0.15) is 23.6 Å². The predicted molar refractivity (Wildman–Crippen MR) is 122 cm³/mol. The molecule has 176 valence electrons. The van der Waals surface area contributed by atoms with Gasteiger partial charge in [-0.05, 0) is 18.1 Å². The molecule has 2 unspecified atom stereocenters. The Morgan fingerprint density at radius 2 is 1.79 bits per heavy atom. The molecule has 3 aromatic rings. The van der Waals surface area contributed by atoms with E-state index in [9.17, 15) is 14.4 Å². The summed E-state index contributed by atoms with van der Waals surface area (Å²) in [5, 5.41) is 0. The maximum Gasteiger partial charge on any atom is 0.310 e. The Balaban J connectivity index is 1.55. The topological polar surface area (TPSA) is 128 Å². The van der Waals surface area contributed by atoms with Crippen LogP contribution >= 0.6 is 0 Å². The van der Waals surface area contributed by atoms with Crippen molar-refractivity contribution in [2.24, 2.45) is 5.73 Å². The molecule has 2 amide bonds. The first-order valence-electron chi connectivity index (χ1n) is 11.0. The molecule has 1 aromatic heterocycles. The van der Waals surface area contributed by atoms with Gasteiger partial charge in [0.25, 0.3) is 5.91 Å². The molecule has 3 N–H and O–H groups in total. The lowest BCUT2D eigenvalue weighted by molar-refractivity contribution is -0.171. The van der Waals surface area contributed by atoms with Gasteiger partial charge in [0, 0.05) is 6.42 Å². The van der Waals surface area contributed by atoms with E-state index in [4.69, 9.17) is 15.2 Å². The van der Waals surface area contributed by atoms with Crippen molar-refractivity contribution in [2.75, 3.05) is 0 Å². The number of benzene rings is 2. The van der Waals surface area contributed by atoms with E-state index < -0.39 is 36.2 Å². The highest BCUT2D eigenvalue weighted by Crippen LogP contribution is 2.26. The van der Waals surface area contributed by atoms with Crippen molar-refractivity contribution in [1.29, 1.82) is 0 Å². The van der Waals surface area contributed by atoms with Crippen molar-refractivity contribution in [2.45, 2.75) is 44.7 Å². The van der Waals surface area contributed by atoms with E-state index in [-0.39, 0.29) is 18.7 Å². The third-order valence-electron chi connectivity index (χ3n) is 5.69. The molecule has 1 saturated heterocycles. The van der Waals surface area contributed by atoms with Crippen LogP contribution < -0.4 is 5.73 Å². The second-order valence-corrected chi connectivity index (χ2v) is 8.12. The Bertz CT molecular complexity index is 1150. The number of rotatable bonds is 9. The van der Waals surface area contributed by atoms with E-state index in [1.807, 2.05) is 60.7 Å². The summed E-state index contributed by atoms with van der Waals surface area (Å²) in [5.41, 5.74) is 7.64. The lowest BCUT2D eigenvalue weighted by Crippen LogP contribution is -2.54. The molecule has 9 heteroatoms. The van der Waals surface area contributed by atoms with Gasteiger partial charge in [0.15, 0.2) is 0 Å². The normalized spacial score (nSPS) is 18.3. The largest absolute Gasteiger partial charge is 0.433 e. The number of primary amides is 1. The molecule has 0 saturated carbocycles. The zero-order chi connectivity index (χ0) is 24.1. The zero-order valence-electron chi connectivity index (χ0n) is 18.7. The van der Waals surface area contributed by atoms with Gasteiger partial charge >= 0.3 is 5.97 Å². The number of aromatic nitrogens is 2. The predicted octanol–water partition coefficient (Wildman–Crippen LogP) is 2.17. The number of carbonyl (C=O) groups excluding carboxylic acids is 3. The number of hydrogen-bond donors (Lipinski definition) is 2. The number of aromatic amines is 1. The molecule has 1 aliphatic rings. The Morgan fingerprint density at radius 3 is 2.44 bits per heavy atom. The smallest absolute Gasteiger partial charge is 0.310 e. The van der Waals surface area contributed by atoms with E-state index in [1.54, 1.807) is 0 Å². The summed E-state index contributed by atoms with van der Waals surface area (Å²) in [4.78, 5) is 46.3. The molecular weight excluding hydrogens is 436 g/mol. The standard InChI is InChI=1S/C25H26N4O5/c1-16(23(26)31)29(20-13-22(30)34-25(20)33-15-18-10-6-3-7-11-18)24(32)19-14-27-21(28-19)12-17-8-4-2-5-9-17/h2-11,14,16,20,25H,12-13,15H2,1H3,(H2,26,31)(H,27,28)/t16-,20?,25?/m0/s1. The van der Waals surface area contributed by atoms with E-state index in [0.29, 0.717) is 12.2 Å². The number of H-pyrrole nitrogens is 1. The summed E-state index contributed by atoms with van der Waals surface area (Å²) >= 11 is 0. The second kappa shape index (κ2) is 10.3. The maximum absolute atomic E-state index is 13.5. The molecule has 3 atom stereocenters. The Kier molecular flexibility index (Phi) is 7.03. The zero-order valence-corrected chi connectivity index (χ0v) is 18.7. The average molecular weight is 463 g/mol. The molecule has 0 spiro atoms. The van der Waals surface area contributed by atoms with Crippen molar-refractivity contribution in [3.05, 3.63) is 89.5 Å². The number of imidazole rings is 1. The van der Waals surface area contributed by atoms with Gasteiger partial charge in [0.05, 0.1) is 19.2 Å². The number of carbonyl (C=O) groups is 3. The van der Waals surface area contributed by atoms with Gasteiger partial charge in [-0.3, -0.25) is 14.4 Å². The van der Waals surface area contributed by atoms with Gasteiger partial charge in [-0.25, -0.2) is 4.98 Å². The Morgan fingerprint density at radius 1 is 1.15 bits per heavy atom. The van der Waals surface area contributed by atoms with E-state index >= 15 is 0 Å². The minimum absolute atomic E-state index is 0.117. The van der Waals surface area contributed by atoms with Crippen molar-refractivity contribution in [1.82, 2.24) is 14.9 Å². The van der Waals surface area contributed by atoms with Gasteiger partial charge in [0.2, 0.25) is 12.2 Å². The van der Waals surface area contributed by atoms with Crippen LogP contribution in [0.25, 0.3) is 0 Å². The molecule has 4 rings (SSSR count). The van der Waals surface area contributed by atoms with Crippen molar-refractivity contribution in [3.8, 4) is 0 Å². The third kappa shape index (κ3) is 5.32. The van der Waals surface area contributed by atoms with Gasteiger partial charge in [-0.15, -0.1) is 0 Å². The molecular formula is C25H26N4O5. The number of nitrogens with one attached hydrogen (secondary N) is 1. The average Bonchev–Trinajstić information content (AvgIpc) is 3.45. The van der Waals surface area contributed by atoms with Crippen LogP contribution in [0, 0.1) is 0 Å². The van der Waals surface area contributed by atoms with Crippen LogP contribution in [0.1, 0.15) is 40.8 Å². The fourth-order valence-corrected chi connectivity index (χ4v) is 3.89. The van der Waals surface area contributed by atoms with Gasteiger partial charge in [-0.2, -0.15) is 0 Å². The third-order valence-corrected chi connectivity index (χ3v) is 5.69. The fraction of sp³-hybridized carbons (Fsp3) is 0.280. The first-order valence-corrected chi connectivity index (χ1v) is 11.0. The quantitative estimate of drug-likeness (QED) is 0.469. The maximum atomic E-state index is 13.5. The highest BCUT2D eigenvalue weighted by molar-refractivity contribution is 5.96. The summed E-state index contributed by atoms with van der Waals surface area (Å²) < 4.78 is 11.2. The van der Waals surface area contributed by atoms with Crippen LogP contribution in [0.3, 0.4) is 0 Å². The minimum Gasteiger partial charge on any atom is -0.433 e. The lowest BCUT2D eigenvalue weighted by atomic mass is 10.1. The number of cyclic esters (lactones) is 1. The summed E-state index contributed by atoms with van der Waals surface area (Å²) in [6.45, 7) is 1.69. The van der Waals surface area contributed by atoms with Crippen LogP contribution in [-0.2, 0) is 32.1 Å². The Hall–Kier alpha value is -3.98. The summed E-state index contributed by atoms with van der Waals surface area (Å²) in [7, 11) is 0. The monoisotopic (exact) mass is 462 g/mol. The van der Waals surface area contributed by atoms with Crippen LogP contribution in [0.4, 0.5) is 0 Å². The SMILES string of the molecule is C[C@@H](C(N)=O)N(C(=O)c1cnc(Cc2ccccc2)[nH]1)C1CC(=O)OC1OCc1ccccc1. The lowest BCUT2D eigenvalue weighted by Gasteiger charge is -2.33. The molecule has 0 radical (unpaired) electrons. The van der Waals surface area contributed by atoms with E-state index in [1.165, 1.54) is 18.0 Å². The Labute approximate surface area is 196 Å². The number of amides is 2. The summed E-state index contributed by atoms with van der Waals surface area (Å²) in [6.07, 6.45) is 0.769. The van der Waals surface area contributed by atoms with Gasteiger partial charge < -0.3 is 25.1 Å². The van der Waals surface area contributed by atoms with Crippen LogP contribution in [0.2, 0.25) is 0 Å². The highest BCUT2D eigenvalue weighted by Gasteiger charge is 2.45. The van der Waals surface area contributed by atoms with Gasteiger partial charge in [-0.1, -0.05) is 60.7 Å². The summed E-state index contributed by atoms with van der Waals surface area (Å²) in [5.74, 6) is -1.16. The van der Waals surface area contributed by atoms with Crippen molar-refractivity contribution < 1.29 is 23.9 Å². The van der Waals surface area contributed by atoms with Crippen molar-refractivity contribution in [3.63, 3.8) is 0 Å². The molecule has 0 aliphatic carbocycles. The molecule has 1 fully saturated rings.